The molecule has 0 bridgehead atoms. The molecular weight excluding hydrogens is 514 g/mol. The van der Waals surface area contributed by atoms with Crippen LogP contribution in [0, 0.1) is 23.2 Å². The first-order valence-corrected chi connectivity index (χ1v) is 14.8. The molecule has 6 N–H and O–H groups in total. The Hall–Kier alpha value is -2.69. The molecule has 1 heterocycles. The number of nitrogens with zero attached hydrogens (tertiary/aromatic N) is 1. The highest BCUT2D eigenvalue weighted by atomic mass is 16.3. The van der Waals surface area contributed by atoms with Crippen LogP contribution in [0.25, 0.3) is 0 Å². The quantitative estimate of drug-likeness (QED) is 0.239. The number of ketones is 1. The summed E-state index contributed by atoms with van der Waals surface area (Å²) in [5.74, 6) is -2.29. The molecule has 3 fully saturated rings. The second-order valence-electron chi connectivity index (χ2n) is 13.6. The van der Waals surface area contributed by atoms with Crippen molar-refractivity contribution < 1.29 is 29.1 Å². The summed E-state index contributed by atoms with van der Waals surface area (Å²) in [6.45, 7) is 9.77. The van der Waals surface area contributed by atoms with Crippen molar-refractivity contribution >= 4 is 29.5 Å². The average molecular weight is 564 g/mol. The van der Waals surface area contributed by atoms with E-state index in [1.54, 1.807) is 0 Å². The molecule has 11 heteroatoms. The molecule has 40 heavy (non-hydrogen) atoms. The number of likely N-dealkylation sites (tertiary alicyclic amines) is 1. The molecule has 11 nitrogen and oxygen atoms in total. The number of aliphatic hydroxyl groups excluding tert-OH is 1. The highest BCUT2D eigenvalue weighted by Gasteiger charge is 2.47. The summed E-state index contributed by atoms with van der Waals surface area (Å²) in [7, 11) is 0. The summed E-state index contributed by atoms with van der Waals surface area (Å²) in [6.07, 6.45) is 6.82. The number of nitrogens with two attached hydrogens (primary N) is 1. The molecule has 5 amide bonds. The molecular formula is C29H49N5O6. The van der Waals surface area contributed by atoms with Gasteiger partial charge in [0.25, 0.3) is 5.91 Å². The zero-order valence-electron chi connectivity index (χ0n) is 24.8. The number of urea groups is 1. The first-order valence-electron chi connectivity index (χ1n) is 14.8. The Morgan fingerprint density at radius 3 is 2.15 bits per heavy atom. The summed E-state index contributed by atoms with van der Waals surface area (Å²) in [5.41, 5.74) is 3.86. The van der Waals surface area contributed by atoms with Gasteiger partial charge in [0.1, 0.15) is 12.1 Å². The highest BCUT2D eigenvalue weighted by molar-refractivity contribution is 6.37. The van der Waals surface area contributed by atoms with Crippen LogP contribution in [0.2, 0.25) is 0 Å². The number of amides is 5. The Kier molecular flexibility index (Phi) is 10.2. The van der Waals surface area contributed by atoms with Gasteiger partial charge in [0, 0.05) is 6.54 Å². The number of hydrogen-bond donors (Lipinski definition) is 5. The van der Waals surface area contributed by atoms with Gasteiger partial charge in [-0.15, -0.1) is 0 Å². The number of nitrogens with one attached hydrogen (secondary N) is 3. The number of rotatable bonds is 11. The van der Waals surface area contributed by atoms with Crippen molar-refractivity contribution in [2.75, 3.05) is 13.2 Å². The second-order valence-corrected chi connectivity index (χ2v) is 13.6. The van der Waals surface area contributed by atoms with Gasteiger partial charge in [0.05, 0.1) is 18.2 Å². The van der Waals surface area contributed by atoms with Crippen molar-refractivity contribution in [3.05, 3.63) is 0 Å². The molecule has 2 saturated carbocycles. The van der Waals surface area contributed by atoms with Gasteiger partial charge in [0.15, 0.2) is 0 Å². The van der Waals surface area contributed by atoms with E-state index in [0.717, 1.165) is 32.1 Å². The fourth-order valence-electron chi connectivity index (χ4n) is 5.98. The molecule has 1 aliphatic heterocycles. The first-order chi connectivity index (χ1) is 18.7. The van der Waals surface area contributed by atoms with Gasteiger partial charge in [-0.1, -0.05) is 66.7 Å². The molecule has 4 atom stereocenters. The fourth-order valence-corrected chi connectivity index (χ4v) is 5.98. The van der Waals surface area contributed by atoms with Crippen molar-refractivity contribution in [1.29, 1.82) is 0 Å². The lowest BCUT2D eigenvalue weighted by molar-refractivity contribution is -0.143. The van der Waals surface area contributed by atoms with E-state index in [9.17, 15) is 29.1 Å². The number of hydrogen-bond acceptors (Lipinski definition) is 6. The maximum absolute atomic E-state index is 14.1. The van der Waals surface area contributed by atoms with E-state index in [0.29, 0.717) is 32.2 Å². The second kappa shape index (κ2) is 12.9. The Morgan fingerprint density at radius 2 is 1.65 bits per heavy atom. The van der Waals surface area contributed by atoms with Crippen LogP contribution in [-0.4, -0.2) is 76.4 Å². The zero-order valence-corrected chi connectivity index (χ0v) is 24.8. The standard InChI is InChI=1S/C29H49N5O6/c1-17(2)19-14-21(25(38)31-20(13-18-9-10-18)22(36)24(30)37)34(15-19)26(39)23(28(3,4)5)32-27(40)33-29(16-35)11-7-6-8-12-29/h17-21,23,35H,6-16H2,1-5H3,(H2,30,37)(H,31,38)(H2,32,33,40)/t19-,20-,21?,23?/m1/s1. The molecule has 0 aromatic rings. The van der Waals surface area contributed by atoms with E-state index in [4.69, 9.17) is 5.73 Å². The van der Waals surface area contributed by atoms with E-state index in [2.05, 4.69) is 16.0 Å². The largest absolute Gasteiger partial charge is 0.394 e. The Bertz CT molecular complexity index is 966. The van der Waals surface area contributed by atoms with Gasteiger partial charge in [-0.2, -0.15) is 0 Å². The third-order valence-corrected chi connectivity index (χ3v) is 8.88. The van der Waals surface area contributed by atoms with Gasteiger partial charge < -0.3 is 31.7 Å². The molecule has 0 aromatic heterocycles. The van der Waals surface area contributed by atoms with E-state index in [1.807, 2.05) is 34.6 Å². The van der Waals surface area contributed by atoms with Gasteiger partial charge in [0.2, 0.25) is 17.6 Å². The van der Waals surface area contributed by atoms with E-state index in [-0.39, 0.29) is 30.3 Å². The van der Waals surface area contributed by atoms with Crippen molar-refractivity contribution in [1.82, 2.24) is 20.9 Å². The number of carbonyl (C=O) groups excluding carboxylic acids is 5. The number of carbonyl (C=O) groups is 5. The summed E-state index contributed by atoms with van der Waals surface area (Å²) in [6, 6.07) is -3.33. The molecule has 3 aliphatic rings. The van der Waals surface area contributed by atoms with Gasteiger partial charge in [-0.25, -0.2) is 4.79 Å². The zero-order chi connectivity index (χ0) is 29.8. The number of Topliss-reactive ketones (excluding diaryl/α,β-unsaturated/α-hetero) is 1. The predicted octanol–water partition coefficient (Wildman–Crippen LogP) is 1.61. The Morgan fingerprint density at radius 1 is 1.02 bits per heavy atom. The normalized spacial score (nSPS) is 24.2. The third-order valence-electron chi connectivity index (χ3n) is 8.88. The fraction of sp³-hybridized carbons (Fsp3) is 0.828. The lowest BCUT2D eigenvalue weighted by Crippen LogP contribution is -2.62. The topological polar surface area (TPSA) is 171 Å². The maximum atomic E-state index is 14.1. The van der Waals surface area contributed by atoms with E-state index in [1.165, 1.54) is 4.90 Å². The number of aliphatic hydroxyl groups is 1. The van der Waals surface area contributed by atoms with Crippen LogP contribution in [0.4, 0.5) is 4.79 Å². The first kappa shape index (κ1) is 31.8. The summed E-state index contributed by atoms with van der Waals surface area (Å²) < 4.78 is 0. The molecule has 3 rings (SSSR count). The molecule has 2 aliphatic carbocycles. The minimum absolute atomic E-state index is 0.0442. The summed E-state index contributed by atoms with van der Waals surface area (Å²) >= 11 is 0. The lowest BCUT2D eigenvalue weighted by atomic mass is 9.82. The molecule has 0 radical (unpaired) electrons. The van der Waals surface area contributed by atoms with Crippen LogP contribution in [-0.2, 0) is 19.2 Å². The Labute approximate surface area is 237 Å². The maximum Gasteiger partial charge on any atom is 0.315 e. The summed E-state index contributed by atoms with van der Waals surface area (Å²) in [5, 5.41) is 18.5. The van der Waals surface area contributed by atoms with Gasteiger partial charge >= 0.3 is 6.03 Å². The smallest absolute Gasteiger partial charge is 0.315 e. The van der Waals surface area contributed by atoms with Crippen LogP contribution in [0.1, 0.15) is 92.4 Å². The van der Waals surface area contributed by atoms with Crippen molar-refractivity contribution in [2.24, 2.45) is 28.9 Å². The molecule has 1 saturated heterocycles. The average Bonchev–Trinajstić information content (AvgIpc) is 3.58. The summed E-state index contributed by atoms with van der Waals surface area (Å²) in [4.78, 5) is 66.5. The third kappa shape index (κ3) is 7.95. The van der Waals surface area contributed by atoms with Crippen molar-refractivity contribution in [2.45, 2.75) is 116 Å². The monoisotopic (exact) mass is 563 g/mol. The predicted molar refractivity (Wildman–Crippen MR) is 150 cm³/mol. The van der Waals surface area contributed by atoms with Gasteiger partial charge in [-0.05, 0) is 48.9 Å². The SMILES string of the molecule is CC(C)[C@@H]1CC(C(=O)N[C@H](CC2CC2)C(=O)C(N)=O)N(C(=O)C(NC(=O)NC2(CO)CCCCC2)C(C)(C)C)C1. The van der Waals surface area contributed by atoms with E-state index >= 15 is 0 Å². The minimum atomic E-state index is -1.09. The number of primary amides is 1. The molecule has 0 aromatic carbocycles. The van der Waals surface area contributed by atoms with Crippen LogP contribution in [0.15, 0.2) is 0 Å². The molecule has 2 unspecified atom stereocenters. The van der Waals surface area contributed by atoms with Crippen molar-refractivity contribution in [3.8, 4) is 0 Å². The van der Waals surface area contributed by atoms with Crippen molar-refractivity contribution in [3.63, 3.8) is 0 Å². The molecule has 0 spiro atoms. The van der Waals surface area contributed by atoms with Gasteiger partial charge in [-0.3, -0.25) is 19.2 Å². The Balaban J connectivity index is 1.80. The minimum Gasteiger partial charge on any atom is -0.394 e. The molecule has 226 valence electrons. The van der Waals surface area contributed by atoms with Crippen LogP contribution >= 0.6 is 0 Å². The van der Waals surface area contributed by atoms with E-state index < -0.39 is 52.7 Å². The lowest BCUT2D eigenvalue weighted by Gasteiger charge is -2.39. The van der Waals surface area contributed by atoms with Crippen LogP contribution < -0.4 is 21.7 Å². The highest BCUT2D eigenvalue weighted by Crippen LogP contribution is 2.35. The van der Waals surface area contributed by atoms with Crippen LogP contribution in [0.5, 0.6) is 0 Å². The van der Waals surface area contributed by atoms with Crippen LogP contribution in [0.3, 0.4) is 0 Å².